The first kappa shape index (κ1) is 26.8. The lowest BCUT2D eigenvalue weighted by atomic mass is 10.0. The van der Waals surface area contributed by atoms with Gasteiger partial charge in [0.25, 0.3) is 0 Å². The third kappa shape index (κ3) is 5.71. The van der Waals surface area contributed by atoms with E-state index in [1.165, 1.54) is 0 Å². The van der Waals surface area contributed by atoms with E-state index >= 15 is 0 Å². The van der Waals surface area contributed by atoms with E-state index in [2.05, 4.69) is 45.2 Å². The fraction of sp³-hybridized carbons (Fsp3) is 0.467. The van der Waals surface area contributed by atoms with Gasteiger partial charge in [0, 0.05) is 75.0 Å². The maximum atomic E-state index is 9.62. The molecule has 1 spiro atoms. The van der Waals surface area contributed by atoms with Crippen molar-refractivity contribution in [2.24, 2.45) is 0 Å². The molecular formula is C30H38N6O4. The summed E-state index contributed by atoms with van der Waals surface area (Å²) in [6.45, 7) is 8.32. The Labute approximate surface area is 235 Å². The molecule has 10 nitrogen and oxygen atoms in total. The molecule has 3 saturated heterocycles. The van der Waals surface area contributed by atoms with Crippen LogP contribution in [0.5, 0.6) is 0 Å². The highest BCUT2D eigenvalue weighted by atomic mass is 16.7. The number of aromatic nitrogens is 2. The average Bonchev–Trinajstić information content (AvgIpc) is 3.45. The lowest BCUT2D eigenvalue weighted by Crippen LogP contribution is -2.45. The van der Waals surface area contributed by atoms with Gasteiger partial charge in [0.2, 0.25) is 5.95 Å². The molecule has 3 aromatic rings. The molecule has 0 radical (unpaired) electrons. The molecule has 0 saturated carbocycles. The predicted octanol–water partition coefficient (Wildman–Crippen LogP) is 3.97. The largest absolute Gasteiger partial charge is 0.392 e. The minimum atomic E-state index is -0.408. The number of aryl methyl sites for hydroxylation is 1. The van der Waals surface area contributed by atoms with Crippen LogP contribution in [0, 0.1) is 6.92 Å². The maximum Gasteiger partial charge on any atom is 0.229 e. The Hall–Kier alpha value is -3.44. The predicted molar refractivity (Wildman–Crippen MR) is 156 cm³/mol. The van der Waals surface area contributed by atoms with Crippen LogP contribution in [-0.2, 0) is 20.8 Å². The van der Waals surface area contributed by atoms with Crippen LogP contribution < -0.4 is 20.0 Å². The molecule has 4 heterocycles. The number of piperidine rings is 1. The lowest BCUT2D eigenvalue weighted by molar-refractivity contribution is -0.169. The summed E-state index contributed by atoms with van der Waals surface area (Å²) in [4.78, 5) is 16.2. The van der Waals surface area contributed by atoms with Crippen LogP contribution in [0.15, 0.2) is 48.7 Å². The minimum Gasteiger partial charge on any atom is -0.392 e. The second kappa shape index (κ2) is 11.6. The molecule has 3 fully saturated rings. The van der Waals surface area contributed by atoms with Crippen LogP contribution in [0.1, 0.15) is 24.0 Å². The van der Waals surface area contributed by atoms with E-state index in [1.807, 2.05) is 36.2 Å². The Morgan fingerprint density at radius 1 is 0.925 bits per heavy atom. The van der Waals surface area contributed by atoms with Gasteiger partial charge in [-0.25, -0.2) is 4.98 Å². The number of benzene rings is 2. The summed E-state index contributed by atoms with van der Waals surface area (Å²) >= 11 is 0. The number of hydrogen-bond donors (Lipinski definition) is 2. The maximum absolute atomic E-state index is 9.62. The molecule has 2 aromatic carbocycles. The van der Waals surface area contributed by atoms with E-state index in [-0.39, 0.29) is 6.61 Å². The molecule has 2 N–H and O–H groups in total. The number of aliphatic hydroxyl groups is 1. The molecular weight excluding hydrogens is 508 g/mol. The summed E-state index contributed by atoms with van der Waals surface area (Å²) in [5.41, 5.74) is 6.21. The number of aliphatic hydroxyl groups excluding tert-OH is 1. The summed E-state index contributed by atoms with van der Waals surface area (Å²) in [6.07, 6.45) is 3.47. The smallest absolute Gasteiger partial charge is 0.229 e. The number of morpholine rings is 1. The average molecular weight is 547 g/mol. The van der Waals surface area contributed by atoms with Crippen LogP contribution in [0.25, 0.3) is 0 Å². The molecule has 0 unspecified atom stereocenters. The summed E-state index contributed by atoms with van der Waals surface area (Å²) in [7, 11) is 1.98. The Balaban J connectivity index is 1.26. The Morgan fingerprint density at radius 3 is 2.33 bits per heavy atom. The van der Waals surface area contributed by atoms with E-state index in [0.717, 1.165) is 91.9 Å². The zero-order valence-electron chi connectivity index (χ0n) is 23.3. The van der Waals surface area contributed by atoms with E-state index in [9.17, 15) is 5.11 Å². The molecule has 212 valence electrons. The fourth-order valence-corrected chi connectivity index (χ4v) is 5.71. The molecule has 6 rings (SSSR count). The zero-order chi connectivity index (χ0) is 27.5. The van der Waals surface area contributed by atoms with Crippen molar-refractivity contribution in [1.29, 1.82) is 0 Å². The van der Waals surface area contributed by atoms with Gasteiger partial charge in [-0.1, -0.05) is 12.1 Å². The van der Waals surface area contributed by atoms with E-state index < -0.39 is 5.79 Å². The first-order valence-corrected chi connectivity index (χ1v) is 14.1. The zero-order valence-corrected chi connectivity index (χ0v) is 23.3. The highest BCUT2D eigenvalue weighted by Crippen LogP contribution is 2.36. The van der Waals surface area contributed by atoms with Gasteiger partial charge < -0.3 is 39.3 Å². The van der Waals surface area contributed by atoms with Crippen molar-refractivity contribution in [2.45, 2.75) is 32.2 Å². The number of hydrogen-bond acceptors (Lipinski definition) is 10. The van der Waals surface area contributed by atoms with Crippen LogP contribution >= 0.6 is 0 Å². The topological polar surface area (TPSA) is 95.5 Å². The first-order valence-electron chi connectivity index (χ1n) is 14.1. The molecule has 0 amide bonds. The standard InChI is InChI=1S/C30H38N6O4/c1-22-3-4-23(21-37)17-27(22)34(2)28-5-8-31-29(33-28)32-24-18-25(20-26(19-24)36-11-13-38-14-12-36)35-9-6-30(7-10-35)39-15-16-40-30/h3-5,8,17-20,37H,6-7,9-16,21H2,1-2H3,(H,31,32,33). The van der Waals surface area contributed by atoms with E-state index in [0.29, 0.717) is 19.2 Å². The van der Waals surface area contributed by atoms with Crippen molar-refractivity contribution in [3.8, 4) is 0 Å². The monoisotopic (exact) mass is 546 g/mol. The third-order valence-corrected chi connectivity index (χ3v) is 8.04. The van der Waals surface area contributed by atoms with Gasteiger partial charge in [-0.15, -0.1) is 0 Å². The minimum absolute atomic E-state index is 0.00241. The van der Waals surface area contributed by atoms with Crippen molar-refractivity contribution in [3.63, 3.8) is 0 Å². The van der Waals surface area contributed by atoms with E-state index in [4.69, 9.17) is 19.2 Å². The van der Waals surface area contributed by atoms with Gasteiger partial charge in [0.15, 0.2) is 5.79 Å². The van der Waals surface area contributed by atoms with Gasteiger partial charge in [0.1, 0.15) is 5.82 Å². The molecule has 0 bridgehead atoms. The van der Waals surface area contributed by atoms with Crippen LogP contribution in [0.2, 0.25) is 0 Å². The molecule has 3 aliphatic heterocycles. The fourth-order valence-electron chi connectivity index (χ4n) is 5.71. The molecule has 1 aromatic heterocycles. The number of nitrogens with one attached hydrogen (secondary N) is 1. The quantitative estimate of drug-likeness (QED) is 0.453. The summed E-state index contributed by atoms with van der Waals surface area (Å²) in [6, 6.07) is 14.5. The molecule has 40 heavy (non-hydrogen) atoms. The van der Waals surface area contributed by atoms with Crippen molar-refractivity contribution in [2.75, 3.05) is 79.7 Å². The Bertz CT molecular complexity index is 1320. The van der Waals surface area contributed by atoms with Crippen molar-refractivity contribution in [1.82, 2.24) is 9.97 Å². The van der Waals surface area contributed by atoms with Crippen LogP contribution in [-0.4, -0.2) is 80.5 Å². The van der Waals surface area contributed by atoms with Gasteiger partial charge in [-0.2, -0.15) is 4.98 Å². The number of rotatable bonds is 7. The lowest BCUT2D eigenvalue weighted by Gasteiger charge is -2.39. The number of ether oxygens (including phenoxy) is 3. The second-order valence-corrected chi connectivity index (χ2v) is 10.6. The Kier molecular flexibility index (Phi) is 7.75. The first-order chi connectivity index (χ1) is 19.5. The summed E-state index contributed by atoms with van der Waals surface area (Å²) in [5.74, 6) is 0.878. The SMILES string of the molecule is Cc1ccc(CO)cc1N(C)c1ccnc(Nc2cc(N3CCOCC3)cc(N3CCC4(CC3)OCCO4)c2)n1. The number of anilines is 6. The molecule has 10 heteroatoms. The van der Waals surface area contributed by atoms with Gasteiger partial charge >= 0.3 is 0 Å². The van der Waals surface area contributed by atoms with Gasteiger partial charge in [0.05, 0.1) is 33.0 Å². The molecule has 0 aliphatic carbocycles. The second-order valence-electron chi connectivity index (χ2n) is 10.6. The number of nitrogens with zero attached hydrogens (tertiary/aromatic N) is 5. The van der Waals surface area contributed by atoms with E-state index in [1.54, 1.807) is 6.20 Å². The summed E-state index contributed by atoms with van der Waals surface area (Å²) < 4.78 is 17.5. The highest BCUT2D eigenvalue weighted by molar-refractivity contribution is 5.72. The van der Waals surface area contributed by atoms with Gasteiger partial charge in [-0.05, 0) is 48.4 Å². The van der Waals surface area contributed by atoms with Crippen molar-refractivity contribution >= 4 is 34.5 Å². The van der Waals surface area contributed by atoms with Gasteiger partial charge in [-0.3, -0.25) is 0 Å². The molecule has 0 atom stereocenters. The van der Waals surface area contributed by atoms with Crippen LogP contribution in [0.3, 0.4) is 0 Å². The Morgan fingerprint density at radius 2 is 1.62 bits per heavy atom. The normalized spacial score (nSPS) is 18.8. The molecule has 3 aliphatic rings. The third-order valence-electron chi connectivity index (χ3n) is 8.04. The van der Waals surface area contributed by atoms with Crippen LogP contribution in [0.4, 0.5) is 34.5 Å². The van der Waals surface area contributed by atoms with Crippen molar-refractivity contribution in [3.05, 3.63) is 59.8 Å². The van der Waals surface area contributed by atoms with Crippen molar-refractivity contribution < 1.29 is 19.3 Å². The highest BCUT2D eigenvalue weighted by Gasteiger charge is 2.40. The summed E-state index contributed by atoms with van der Waals surface area (Å²) in [5, 5.41) is 13.1.